The minimum absolute atomic E-state index is 0.0749. The highest BCUT2D eigenvalue weighted by atomic mass is 32.2. The van der Waals surface area contributed by atoms with E-state index in [-0.39, 0.29) is 12.1 Å². The third kappa shape index (κ3) is 4.91. The van der Waals surface area contributed by atoms with Gasteiger partial charge in [0.05, 0.1) is 6.26 Å². The molecule has 0 bridgehead atoms. The number of carbonyl (C=O) groups excluding carboxylic acids is 1. The van der Waals surface area contributed by atoms with Crippen molar-refractivity contribution >= 4 is 16.1 Å². The van der Waals surface area contributed by atoms with Gasteiger partial charge in [-0.05, 0) is 25.7 Å². The number of sulfonamides is 1. The number of rotatable bonds is 4. The molecule has 0 spiro atoms. The second-order valence-corrected chi connectivity index (χ2v) is 6.19. The van der Waals surface area contributed by atoms with E-state index < -0.39 is 10.0 Å². The molecule has 6 nitrogen and oxygen atoms in total. The predicted octanol–water partition coefficient (Wildman–Crippen LogP) is 0.120. The number of nitrogens with one attached hydrogen (secondary N) is 2. The summed E-state index contributed by atoms with van der Waals surface area (Å²) in [6.07, 6.45) is 4.87. The minimum atomic E-state index is -3.14. The van der Waals surface area contributed by atoms with Crippen LogP contribution in [-0.2, 0) is 10.0 Å². The molecular formula is C10H21N3O3S. The summed E-state index contributed by atoms with van der Waals surface area (Å²) in [5.41, 5.74) is 0. The van der Waals surface area contributed by atoms with E-state index in [1.807, 2.05) is 0 Å². The zero-order valence-corrected chi connectivity index (χ0v) is 11.2. The van der Waals surface area contributed by atoms with Gasteiger partial charge in [0.25, 0.3) is 0 Å². The summed E-state index contributed by atoms with van der Waals surface area (Å²) in [5.74, 6) is 0. The molecule has 1 aliphatic rings. The average molecular weight is 263 g/mol. The van der Waals surface area contributed by atoms with Crippen LogP contribution < -0.4 is 10.0 Å². The van der Waals surface area contributed by atoms with Gasteiger partial charge in [-0.2, -0.15) is 0 Å². The number of nitrogens with zero attached hydrogens (tertiary/aromatic N) is 1. The molecule has 0 radical (unpaired) electrons. The average Bonchev–Trinajstić information content (AvgIpc) is 2.27. The first kappa shape index (κ1) is 14.2. The Morgan fingerprint density at radius 3 is 2.71 bits per heavy atom. The first-order chi connectivity index (χ1) is 7.94. The molecule has 100 valence electrons. The van der Waals surface area contributed by atoms with E-state index in [0.29, 0.717) is 13.0 Å². The van der Waals surface area contributed by atoms with Gasteiger partial charge < -0.3 is 10.2 Å². The molecule has 1 aliphatic heterocycles. The highest BCUT2D eigenvalue weighted by molar-refractivity contribution is 7.88. The Morgan fingerprint density at radius 1 is 1.41 bits per heavy atom. The Hall–Kier alpha value is -0.820. The summed E-state index contributed by atoms with van der Waals surface area (Å²) in [6, 6.07) is 0.0620. The van der Waals surface area contributed by atoms with Crippen molar-refractivity contribution in [3.05, 3.63) is 0 Å². The Morgan fingerprint density at radius 2 is 2.12 bits per heavy atom. The Labute approximate surface area is 103 Å². The van der Waals surface area contributed by atoms with E-state index in [1.54, 1.807) is 11.9 Å². The number of likely N-dealkylation sites (tertiary alicyclic amines) is 1. The third-order valence-corrected chi connectivity index (χ3v) is 3.67. The topological polar surface area (TPSA) is 78.5 Å². The maximum absolute atomic E-state index is 11.6. The van der Waals surface area contributed by atoms with Crippen LogP contribution in [0.2, 0.25) is 0 Å². The van der Waals surface area contributed by atoms with E-state index in [2.05, 4.69) is 10.0 Å². The molecule has 0 aliphatic carbocycles. The van der Waals surface area contributed by atoms with Gasteiger partial charge in [-0.25, -0.2) is 17.9 Å². The fraction of sp³-hybridized carbons (Fsp3) is 0.900. The first-order valence-electron chi connectivity index (χ1n) is 5.87. The van der Waals surface area contributed by atoms with Crippen LogP contribution >= 0.6 is 0 Å². The van der Waals surface area contributed by atoms with E-state index in [1.165, 1.54) is 0 Å². The number of hydrogen-bond donors (Lipinski definition) is 2. The molecule has 0 aromatic heterocycles. The van der Waals surface area contributed by atoms with Crippen LogP contribution in [0.1, 0.15) is 25.7 Å². The van der Waals surface area contributed by atoms with Crippen molar-refractivity contribution in [2.75, 3.05) is 26.4 Å². The predicted molar refractivity (Wildman–Crippen MR) is 66.3 cm³/mol. The van der Waals surface area contributed by atoms with Crippen molar-refractivity contribution in [1.82, 2.24) is 14.9 Å². The highest BCUT2D eigenvalue weighted by Crippen LogP contribution is 2.19. The second-order valence-electron chi connectivity index (χ2n) is 4.35. The van der Waals surface area contributed by atoms with Crippen molar-refractivity contribution < 1.29 is 13.2 Å². The van der Waals surface area contributed by atoms with Crippen LogP contribution in [0, 0.1) is 0 Å². The standard InChI is InChI=1S/C10H21N3O3S/c1-11-10(14)13-8-4-3-5-9(13)6-7-12-17(2,15)16/h9,12H,3-8H2,1-2H3,(H,11,14)/t9-/m1/s1. The lowest BCUT2D eigenvalue weighted by Gasteiger charge is -2.35. The quantitative estimate of drug-likeness (QED) is 0.756. The number of urea groups is 1. The molecule has 2 N–H and O–H groups in total. The van der Waals surface area contributed by atoms with Crippen molar-refractivity contribution in [3.8, 4) is 0 Å². The van der Waals surface area contributed by atoms with Crippen LogP contribution in [0.25, 0.3) is 0 Å². The molecule has 1 fully saturated rings. The molecule has 1 saturated heterocycles. The Balaban J connectivity index is 2.46. The van der Waals surface area contributed by atoms with Crippen LogP contribution in [-0.4, -0.2) is 51.8 Å². The summed E-state index contributed by atoms with van der Waals surface area (Å²) in [6.45, 7) is 1.14. The molecule has 2 amide bonds. The molecule has 0 saturated carbocycles. The molecular weight excluding hydrogens is 242 g/mol. The molecule has 1 rings (SSSR count). The Bertz CT molecular complexity index is 356. The fourth-order valence-electron chi connectivity index (χ4n) is 2.12. The van der Waals surface area contributed by atoms with Gasteiger partial charge in [0.2, 0.25) is 10.0 Å². The van der Waals surface area contributed by atoms with Crippen LogP contribution in [0.5, 0.6) is 0 Å². The highest BCUT2D eigenvalue weighted by Gasteiger charge is 2.25. The number of piperidine rings is 1. The molecule has 17 heavy (non-hydrogen) atoms. The number of carbonyl (C=O) groups is 1. The largest absolute Gasteiger partial charge is 0.341 e. The van der Waals surface area contributed by atoms with Crippen molar-refractivity contribution in [2.24, 2.45) is 0 Å². The summed E-state index contributed by atoms with van der Waals surface area (Å²) < 4.78 is 24.3. The third-order valence-electron chi connectivity index (χ3n) is 2.94. The number of amides is 2. The van der Waals surface area contributed by atoms with Gasteiger partial charge in [-0.1, -0.05) is 0 Å². The lowest BCUT2D eigenvalue weighted by Crippen LogP contribution is -2.48. The zero-order chi connectivity index (χ0) is 12.9. The van der Waals surface area contributed by atoms with E-state index >= 15 is 0 Å². The molecule has 1 atom stereocenters. The van der Waals surface area contributed by atoms with Crippen molar-refractivity contribution in [3.63, 3.8) is 0 Å². The van der Waals surface area contributed by atoms with Gasteiger partial charge in [0.15, 0.2) is 0 Å². The normalized spacial score (nSPS) is 21.3. The van der Waals surface area contributed by atoms with E-state index in [9.17, 15) is 13.2 Å². The smallest absolute Gasteiger partial charge is 0.317 e. The summed E-state index contributed by atoms with van der Waals surface area (Å²) in [7, 11) is -1.52. The van der Waals surface area contributed by atoms with Crippen LogP contribution in [0.3, 0.4) is 0 Å². The van der Waals surface area contributed by atoms with Gasteiger partial charge in [-0.15, -0.1) is 0 Å². The van der Waals surface area contributed by atoms with Gasteiger partial charge >= 0.3 is 6.03 Å². The monoisotopic (exact) mass is 263 g/mol. The summed E-state index contributed by atoms with van der Waals surface area (Å²) in [5, 5.41) is 2.62. The maximum atomic E-state index is 11.6. The Kier molecular flexibility index (Phi) is 5.20. The molecule has 1 heterocycles. The van der Waals surface area contributed by atoms with Crippen molar-refractivity contribution in [1.29, 1.82) is 0 Å². The molecule has 0 aromatic carbocycles. The first-order valence-corrected chi connectivity index (χ1v) is 7.76. The number of hydrogen-bond acceptors (Lipinski definition) is 3. The van der Waals surface area contributed by atoms with Gasteiger partial charge in [0.1, 0.15) is 0 Å². The summed E-state index contributed by atoms with van der Waals surface area (Å²) >= 11 is 0. The maximum Gasteiger partial charge on any atom is 0.317 e. The van der Waals surface area contributed by atoms with Gasteiger partial charge in [-0.3, -0.25) is 0 Å². The SMILES string of the molecule is CNC(=O)N1CCCC[C@@H]1CCNS(C)(=O)=O. The molecule has 0 unspecified atom stereocenters. The molecule has 0 aromatic rings. The van der Waals surface area contributed by atoms with Gasteiger partial charge in [0, 0.05) is 26.2 Å². The van der Waals surface area contributed by atoms with Crippen LogP contribution in [0.15, 0.2) is 0 Å². The zero-order valence-electron chi connectivity index (χ0n) is 10.4. The lowest BCUT2D eigenvalue weighted by atomic mass is 10.00. The summed E-state index contributed by atoms with van der Waals surface area (Å²) in [4.78, 5) is 13.4. The lowest BCUT2D eigenvalue weighted by molar-refractivity contribution is 0.149. The van der Waals surface area contributed by atoms with Crippen LogP contribution in [0.4, 0.5) is 4.79 Å². The van der Waals surface area contributed by atoms with Crippen molar-refractivity contribution in [2.45, 2.75) is 31.7 Å². The van der Waals surface area contributed by atoms with E-state index in [0.717, 1.165) is 32.1 Å². The minimum Gasteiger partial charge on any atom is -0.341 e. The fourth-order valence-corrected chi connectivity index (χ4v) is 2.61. The molecule has 7 heteroatoms. The second kappa shape index (κ2) is 6.20. The van der Waals surface area contributed by atoms with E-state index in [4.69, 9.17) is 0 Å².